The lowest BCUT2D eigenvalue weighted by Crippen LogP contribution is -2.28. The van der Waals surface area contributed by atoms with E-state index >= 15 is 0 Å². The van der Waals surface area contributed by atoms with Gasteiger partial charge in [-0.15, -0.1) is 0 Å². The number of benzene rings is 4. The number of nitrogens with zero attached hydrogens (tertiary/aromatic N) is 2. The third-order valence-corrected chi connectivity index (χ3v) is 11.2. The van der Waals surface area contributed by atoms with E-state index in [4.69, 9.17) is 60.6 Å². The van der Waals surface area contributed by atoms with Gasteiger partial charge in [-0.2, -0.15) is 10.5 Å². The van der Waals surface area contributed by atoms with Crippen LogP contribution in [-0.4, -0.2) is 17.0 Å². The number of allylic oxidation sites excluding steroid dienone is 2. The monoisotopic (exact) mass is 848 g/mol. The van der Waals surface area contributed by atoms with E-state index in [9.17, 15) is 29.6 Å². The molecule has 0 saturated heterocycles. The molecule has 0 heterocycles. The van der Waals surface area contributed by atoms with Crippen LogP contribution in [0.5, 0.6) is 23.0 Å². The zero-order chi connectivity index (χ0) is 41.7. The molecular weight excluding hydrogens is 813 g/mol. The molecule has 4 aromatic rings. The molecule has 2 fully saturated rings. The first kappa shape index (κ1) is 43.1. The number of nitriles is 2. The predicted octanol–water partition coefficient (Wildman–Crippen LogP) is 12.4. The topological polar surface area (TPSA) is 130 Å². The number of rotatable bonds is 12. The lowest BCUT2D eigenvalue weighted by molar-refractivity contribution is -0.149. The van der Waals surface area contributed by atoms with Crippen molar-refractivity contribution in [3.05, 3.63) is 141 Å². The second-order valence-corrected chi connectivity index (χ2v) is 16.7. The van der Waals surface area contributed by atoms with E-state index in [1.54, 1.807) is 54.6 Å². The van der Waals surface area contributed by atoms with Gasteiger partial charge in [-0.25, -0.2) is 4.39 Å². The molecule has 2 aliphatic rings. The number of carboxylic acid groups (broad SMARTS) is 1. The van der Waals surface area contributed by atoms with E-state index in [0.29, 0.717) is 28.4 Å². The Morgan fingerprint density at radius 2 is 1.33 bits per heavy atom. The molecule has 3 unspecified atom stereocenters. The van der Waals surface area contributed by atoms with Crippen LogP contribution in [0, 0.1) is 62.5 Å². The highest BCUT2D eigenvalue weighted by molar-refractivity contribution is 6.56. The number of carboxylic acids is 1. The summed E-state index contributed by atoms with van der Waals surface area (Å²) in [5.74, 6) is -2.61. The van der Waals surface area contributed by atoms with E-state index in [-0.39, 0.29) is 26.1 Å². The van der Waals surface area contributed by atoms with Gasteiger partial charge in [0, 0.05) is 11.5 Å². The maximum atomic E-state index is 14.2. The summed E-state index contributed by atoms with van der Waals surface area (Å²) < 4.78 is 31.0. The zero-order valence-electron chi connectivity index (χ0n) is 31.1. The Hall–Kier alpha value is -5.03. The Morgan fingerprint density at radius 1 is 0.754 bits per heavy atom. The summed E-state index contributed by atoms with van der Waals surface area (Å²) in [4.78, 5) is 24.9. The molecule has 0 bridgehead atoms. The van der Waals surface area contributed by atoms with Gasteiger partial charge in [-0.05, 0) is 83.0 Å². The Kier molecular flexibility index (Phi) is 13.3. The Morgan fingerprint density at radius 3 is 1.88 bits per heavy atom. The number of para-hydroxylation sites is 2. The molecule has 0 radical (unpaired) electrons. The van der Waals surface area contributed by atoms with Gasteiger partial charge in [0.25, 0.3) is 0 Å². The van der Waals surface area contributed by atoms with Crippen LogP contribution >= 0.6 is 46.4 Å². The number of hydrogen-bond acceptors (Lipinski definition) is 7. The second-order valence-electron chi connectivity index (χ2n) is 14.7. The summed E-state index contributed by atoms with van der Waals surface area (Å²) in [6.07, 6.45) is 1.92. The molecule has 57 heavy (non-hydrogen) atoms. The first-order chi connectivity index (χ1) is 27.0. The van der Waals surface area contributed by atoms with Gasteiger partial charge < -0.3 is 19.3 Å². The van der Waals surface area contributed by atoms with Crippen molar-refractivity contribution in [1.29, 1.82) is 10.5 Å². The minimum atomic E-state index is -1.33. The maximum absolute atomic E-state index is 14.2. The van der Waals surface area contributed by atoms with Crippen LogP contribution in [-0.2, 0) is 14.3 Å². The number of esters is 1. The fraction of sp³-hybridized carbons (Fsp3) is 0.273. The quantitative estimate of drug-likeness (QED) is 0.139. The van der Waals surface area contributed by atoms with Crippen LogP contribution in [0.2, 0.25) is 0 Å². The van der Waals surface area contributed by atoms with Crippen molar-refractivity contribution < 1.29 is 33.3 Å². The molecule has 2 saturated carbocycles. The van der Waals surface area contributed by atoms with Crippen molar-refractivity contribution in [2.24, 2.45) is 34.0 Å². The van der Waals surface area contributed by atoms with Crippen LogP contribution in [0.3, 0.4) is 0 Å². The number of ether oxygens (including phenoxy) is 3. The van der Waals surface area contributed by atoms with Gasteiger partial charge in [-0.1, -0.05) is 129 Å². The third-order valence-electron chi connectivity index (χ3n) is 10.7. The summed E-state index contributed by atoms with van der Waals surface area (Å²) in [5, 5.41) is 29.5. The minimum absolute atomic E-state index is 0.000878. The van der Waals surface area contributed by atoms with Gasteiger partial charge in [0.05, 0.1) is 17.9 Å². The van der Waals surface area contributed by atoms with E-state index in [0.717, 1.165) is 0 Å². The molecular formula is C44H37Cl4FN2O6. The number of halogens is 5. The van der Waals surface area contributed by atoms with Gasteiger partial charge in [0.1, 0.15) is 37.7 Å². The summed E-state index contributed by atoms with van der Waals surface area (Å²) in [6.45, 7) is 7.41. The average Bonchev–Trinajstić information content (AvgIpc) is 3.90. The summed E-state index contributed by atoms with van der Waals surface area (Å²) >= 11 is 23.0. The zero-order valence-corrected chi connectivity index (χ0v) is 34.2. The SMILES string of the molecule is CC1(C)C(C=C(Cl)Cl)C1C(=O)OC(C#N)c1ccc(F)c(Oc2ccccc2)c1.CC1(C)[C@@H](C=C(Cl)Cl)[C@]1(C(=O)O)[C@H](C#N)c1cccc(Oc2ccccc2)c1. The Labute approximate surface area is 350 Å². The molecule has 0 spiro atoms. The van der Waals surface area contributed by atoms with E-state index in [1.165, 1.54) is 24.3 Å². The highest BCUT2D eigenvalue weighted by Crippen LogP contribution is 2.75. The minimum Gasteiger partial charge on any atom is -0.481 e. The number of carbonyl (C=O) groups is 2. The third kappa shape index (κ3) is 9.25. The van der Waals surface area contributed by atoms with Crippen molar-refractivity contribution in [1.82, 2.24) is 0 Å². The molecule has 8 nitrogen and oxygen atoms in total. The van der Waals surface area contributed by atoms with E-state index in [2.05, 4.69) is 6.07 Å². The van der Waals surface area contributed by atoms with Crippen LogP contribution in [0.25, 0.3) is 0 Å². The summed E-state index contributed by atoms with van der Waals surface area (Å²) in [5.41, 5.74) is -1.51. The lowest BCUT2D eigenvalue weighted by atomic mass is 9.78. The lowest BCUT2D eigenvalue weighted by Gasteiger charge is -2.22. The molecule has 2 aliphatic carbocycles. The fourth-order valence-corrected chi connectivity index (χ4v) is 8.04. The van der Waals surface area contributed by atoms with Crippen LogP contribution in [0.15, 0.2) is 124 Å². The van der Waals surface area contributed by atoms with Gasteiger partial charge >= 0.3 is 11.9 Å². The maximum Gasteiger partial charge on any atom is 0.312 e. The summed E-state index contributed by atoms with van der Waals surface area (Å²) in [6, 6.07) is 32.9. The van der Waals surface area contributed by atoms with Crippen LogP contribution in [0.4, 0.5) is 4.39 Å². The first-order valence-electron chi connectivity index (χ1n) is 17.6. The molecule has 1 N–H and O–H groups in total. The largest absolute Gasteiger partial charge is 0.481 e. The average molecular weight is 851 g/mol. The smallest absolute Gasteiger partial charge is 0.312 e. The van der Waals surface area contributed by atoms with Gasteiger partial charge in [0.2, 0.25) is 6.10 Å². The Bertz CT molecular complexity index is 2260. The fourth-order valence-electron chi connectivity index (χ4n) is 7.52. The van der Waals surface area contributed by atoms with Gasteiger partial charge in [0.15, 0.2) is 11.6 Å². The molecule has 294 valence electrons. The van der Waals surface area contributed by atoms with Crippen molar-refractivity contribution in [3.63, 3.8) is 0 Å². The molecule has 13 heteroatoms. The molecule has 0 amide bonds. The number of hydrogen-bond donors (Lipinski definition) is 1. The highest BCUT2D eigenvalue weighted by atomic mass is 35.5. The first-order valence-corrected chi connectivity index (χ1v) is 19.1. The van der Waals surface area contributed by atoms with Crippen molar-refractivity contribution in [3.8, 4) is 35.1 Å². The van der Waals surface area contributed by atoms with Crippen LogP contribution < -0.4 is 9.47 Å². The molecule has 6 rings (SSSR count). The van der Waals surface area contributed by atoms with Crippen molar-refractivity contribution >= 4 is 58.3 Å². The molecule has 4 aromatic carbocycles. The molecule has 0 aromatic heterocycles. The van der Waals surface area contributed by atoms with E-state index < -0.39 is 52.4 Å². The Balaban J connectivity index is 0.000000218. The van der Waals surface area contributed by atoms with Crippen molar-refractivity contribution in [2.75, 3.05) is 0 Å². The molecule has 6 atom stereocenters. The second kappa shape index (κ2) is 17.6. The number of aliphatic carboxylic acids is 1. The number of carbonyl (C=O) groups excluding carboxylic acids is 1. The van der Waals surface area contributed by atoms with Crippen molar-refractivity contribution in [2.45, 2.75) is 39.7 Å². The molecule has 0 aliphatic heterocycles. The van der Waals surface area contributed by atoms with Crippen LogP contribution in [0.1, 0.15) is 50.8 Å². The van der Waals surface area contributed by atoms with Gasteiger partial charge in [-0.3, -0.25) is 9.59 Å². The normalized spacial score (nSPS) is 21.6. The van der Waals surface area contributed by atoms with E-state index in [1.807, 2.05) is 70.2 Å². The highest BCUT2D eigenvalue weighted by Gasteiger charge is 2.78. The standard InChI is InChI=1S/C22H18Cl2FNO3.C22H19Cl2NO3/c1-22(2)15(11-19(23)24)20(22)21(27)29-18(12-26)13-8-9-16(25)17(10-13)28-14-6-4-3-5-7-14;1-21(2)18(12-19(23)24)22(21,20(26)27)17(13-25)14-7-6-10-16(11-14)28-15-8-4-3-5-9-15/h3-11,15,18,20H,1-2H3;3-12,17-18H,1-2H3,(H,26,27)/t;17-,18-,22+/m.1/s1. The predicted molar refractivity (Wildman–Crippen MR) is 216 cm³/mol. The summed E-state index contributed by atoms with van der Waals surface area (Å²) in [7, 11) is 0.